The number of nitrogens with zero attached hydrogens (tertiary/aromatic N) is 1. The number of nitrogens with one attached hydrogen (secondary N) is 1. The van der Waals surface area contributed by atoms with Crippen molar-refractivity contribution in [1.29, 1.82) is 0 Å². The first-order chi connectivity index (χ1) is 16.8. The van der Waals surface area contributed by atoms with Crippen LogP contribution in [0, 0.1) is 34.5 Å². The van der Waals surface area contributed by atoms with Crippen molar-refractivity contribution in [3.05, 3.63) is 11.6 Å². The van der Waals surface area contributed by atoms with E-state index in [-0.39, 0.29) is 29.1 Å². The molecule has 1 amide bonds. The van der Waals surface area contributed by atoms with Crippen LogP contribution in [0.25, 0.3) is 0 Å². The van der Waals surface area contributed by atoms with Crippen LogP contribution in [0.3, 0.4) is 0 Å². The highest BCUT2D eigenvalue weighted by Crippen LogP contribution is 2.67. The third-order valence-electron chi connectivity index (χ3n) is 10.3. The van der Waals surface area contributed by atoms with Crippen molar-refractivity contribution < 1.29 is 29.4 Å². The Bertz CT molecular complexity index is 989. The number of ketones is 1. The monoisotopic (exact) mass is 502 g/mol. The van der Waals surface area contributed by atoms with E-state index < -0.39 is 23.5 Å². The van der Waals surface area contributed by atoms with Crippen molar-refractivity contribution >= 4 is 23.4 Å². The number of carbonyl (C=O) groups is 3. The Kier molecular flexibility index (Phi) is 7.14. The molecule has 0 spiro atoms. The van der Waals surface area contributed by atoms with Gasteiger partial charge in [-0.05, 0) is 93.5 Å². The molecule has 0 aliphatic heterocycles. The van der Waals surface area contributed by atoms with Gasteiger partial charge in [-0.1, -0.05) is 38.4 Å². The number of allylic oxidation sites excluding steroid dienone is 2. The van der Waals surface area contributed by atoms with E-state index in [2.05, 4.69) is 30.4 Å². The number of aliphatic carboxylic acids is 1. The zero-order valence-corrected chi connectivity index (χ0v) is 22.3. The third-order valence-corrected chi connectivity index (χ3v) is 10.3. The van der Waals surface area contributed by atoms with Gasteiger partial charge in [0.1, 0.15) is 11.6 Å². The van der Waals surface area contributed by atoms with Gasteiger partial charge in [0.15, 0.2) is 12.4 Å². The fraction of sp³-hybridized carbons (Fsp3) is 0.786. The lowest BCUT2D eigenvalue weighted by molar-refractivity contribution is -0.159. The van der Waals surface area contributed by atoms with Crippen LogP contribution in [0.5, 0.6) is 0 Å². The molecule has 7 atom stereocenters. The number of carbonyl (C=O) groups excluding carboxylic acids is 2. The van der Waals surface area contributed by atoms with Gasteiger partial charge in [0.2, 0.25) is 0 Å². The predicted octanol–water partition coefficient (Wildman–Crippen LogP) is 3.87. The topological polar surface area (TPSA) is 125 Å². The van der Waals surface area contributed by atoms with Crippen LogP contribution in [0.4, 0.5) is 0 Å². The molecular weight excluding hydrogens is 460 g/mol. The molecule has 0 radical (unpaired) electrons. The molecule has 4 aliphatic rings. The largest absolute Gasteiger partial charge is 0.480 e. The fourth-order valence-corrected chi connectivity index (χ4v) is 8.14. The van der Waals surface area contributed by atoms with Crippen molar-refractivity contribution in [1.82, 2.24) is 5.32 Å². The molecule has 4 rings (SSSR count). The number of amides is 1. The molecule has 0 aromatic heterocycles. The van der Waals surface area contributed by atoms with Gasteiger partial charge in [-0.3, -0.25) is 9.59 Å². The molecule has 8 nitrogen and oxygen atoms in total. The Morgan fingerprint density at radius 1 is 1.11 bits per heavy atom. The van der Waals surface area contributed by atoms with E-state index in [0.29, 0.717) is 24.2 Å². The van der Waals surface area contributed by atoms with Crippen LogP contribution in [0.1, 0.15) is 86.0 Å². The summed E-state index contributed by atoms with van der Waals surface area (Å²) in [6.45, 7) is 9.23. The molecule has 8 heteroatoms. The smallest absolute Gasteiger partial charge is 0.326 e. The molecule has 3 N–H and O–H groups in total. The van der Waals surface area contributed by atoms with Crippen LogP contribution in [-0.4, -0.2) is 51.8 Å². The van der Waals surface area contributed by atoms with Gasteiger partial charge in [-0.25, -0.2) is 4.79 Å². The van der Waals surface area contributed by atoms with Gasteiger partial charge < -0.3 is 20.4 Å². The summed E-state index contributed by atoms with van der Waals surface area (Å²) in [7, 11) is 0. The highest BCUT2D eigenvalue weighted by atomic mass is 16.6. The molecule has 200 valence electrons. The number of oxime groups is 1. The Hall–Kier alpha value is -2.22. The van der Waals surface area contributed by atoms with Crippen LogP contribution in [0.15, 0.2) is 16.8 Å². The van der Waals surface area contributed by atoms with E-state index in [4.69, 9.17) is 4.84 Å². The van der Waals surface area contributed by atoms with Gasteiger partial charge in [0.25, 0.3) is 5.91 Å². The van der Waals surface area contributed by atoms with Crippen LogP contribution < -0.4 is 5.32 Å². The molecule has 3 saturated carbocycles. The Balaban J connectivity index is 1.42. The molecule has 4 aliphatic carbocycles. The van der Waals surface area contributed by atoms with Gasteiger partial charge in [-0.15, -0.1) is 0 Å². The second-order valence-corrected chi connectivity index (χ2v) is 12.4. The predicted molar refractivity (Wildman–Crippen MR) is 135 cm³/mol. The highest BCUT2D eigenvalue weighted by Gasteiger charge is 2.65. The number of carboxylic acid groups (broad SMARTS) is 1. The van der Waals surface area contributed by atoms with E-state index in [1.807, 2.05) is 0 Å². The summed E-state index contributed by atoms with van der Waals surface area (Å²) in [5.74, 6) is -0.455. The van der Waals surface area contributed by atoms with Crippen molar-refractivity contribution in [3.8, 4) is 0 Å². The maximum absolute atomic E-state index is 12.4. The first-order valence-electron chi connectivity index (χ1n) is 13.5. The first-order valence-corrected chi connectivity index (χ1v) is 13.5. The van der Waals surface area contributed by atoms with E-state index in [9.17, 15) is 24.6 Å². The minimum atomic E-state index is -1.19. The minimum Gasteiger partial charge on any atom is -0.480 e. The molecule has 0 aromatic carbocycles. The van der Waals surface area contributed by atoms with Crippen LogP contribution >= 0.6 is 0 Å². The maximum atomic E-state index is 12.4. The lowest BCUT2D eigenvalue weighted by Gasteiger charge is -2.59. The fourth-order valence-electron chi connectivity index (χ4n) is 8.14. The van der Waals surface area contributed by atoms with Crippen molar-refractivity contribution in [2.75, 3.05) is 6.61 Å². The second-order valence-electron chi connectivity index (χ2n) is 12.4. The van der Waals surface area contributed by atoms with E-state index in [0.717, 1.165) is 50.7 Å². The Labute approximate surface area is 213 Å². The minimum absolute atomic E-state index is 0.0730. The standard InChI is InChI=1S/C28H42N2O6/c1-16(2)24(25(33)34)29-23(32)15-36-30-19-8-11-26(4)18(14-19)6-7-20-21(26)9-12-27(5)22(20)10-13-28(27,35)17(3)31/h14,16,20-22,24,35H,6-13,15H2,1-5H3,(H,29,32)(H,33,34)/b30-19-/t20-,21+,22+,24-,26-,27-,28+/m0/s1. The number of hydrogen-bond acceptors (Lipinski definition) is 6. The number of hydrogen-bond donors (Lipinski definition) is 3. The summed E-state index contributed by atoms with van der Waals surface area (Å²) in [6.07, 6.45) is 9.29. The average molecular weight is 503 g/mol. The number of fused-ring (bicyclic) bond motifs is 5. The normalized spacial score (nSPS) is 39.5. The molecule has 0 unspecified atom stereocenters. The summed E-state index contributed by atoms with van der Waals surface area (Å²) in [5.41, 5.74) is 0.761. The Morgan fingerprint density at radius 3 is 2.44 bits per heavy atom. The summed E-state index contributed by atoms with van der Waals surface area (Å²) >= 11 is 0. The number of rotatable bonds is 7. The molecule has 0 heterocycles. The van der Waals surface area contributed by atoms with Crippen molar-refractivity contribution in [2.24, 2.45) is 39.7 Å². The molecule has 0 saturated heterocycles. The molecule has 3 fully saturated rings. The number of carboxylic acids is 1. The van der Waals surface area contributed by atoms with Gasteiger partial charge in [0, 0.05) is 5.41 Å². The van der Waals surface area contributed by atoms with Crippen molar-refractivity contribution in [2.45, 2.75) is 97.6 Å². The average Bonchev–Trinajstić information content (AvgIpc) is 3.09. The number of Topliss-reactive ketones (excluding diaryl/α,β-unsaturated/α-hetero) is 1. The third kappa shape index (κ3) is 4.29. The zero-order valence-electron chi connectivity index (χ0n) is 22.3. The lowest BCUT2D eigenvalue weighted by Crippen LogP contribution is -2.57. The summed E-state index contributed by atoms with van der Waals surface area (Å²) < 4.78 is 0. The van der Waals surface area contributed by atoms with E-state index in [1.54, 1.807) is 20.8 Å². The summed E-state index contributed by atoms with van der Waals surface area (Å²) in [4.78, 5) is 41.1. The van der Waals surface area contributed by atoms with E-state index >= 15 is 0 Å². The van der Waals surface area contributed by atoms with Crippen molar-refractivity contribution in [3.63, 3.8) is 0 Å². The van der Waals surface area contributed by atoms with Gasteiger partial charge in [-0.2, -0.15) is 0 Å². The SMILES string of the molecule is CC(=O)[C@]1(O)CC[C@@H]2[C@H]3CCC4=C/C(=N\OCC(=O)N[C@H](C(=O)O)C(C)C)CC[C@]4(C)[C@@H]3CC[C@@]21C. The first kappa shape index (κ1) is 26.8. The molecule has 0 aromatic rings. The van der Waals surface area contributed by atoms with Gasteiger partial charge in [0.05, 0.1) is 5.71 Å². The van der Waals surface area contributed by atoms with E-state index in [1.165, 1.54) is 5.57 Å². The zero-order chi connectivity index (χ0) is 26.5. The summed E-state index contributed by atoms with van der Waals surface area (Å²) in [5, 5.41) is 27.2. The molecule has 0 bridgehead atoms. The summed E-state index contributed by atoms with van der Waals surface area (Å²) in [6, 6.07) is -0.954. The van der Waals surface area contributed by atoms with Crippen LogP contribution in [0.2, 0.25) is 0 Å². The molecule has 36 heavy (non-hydrogen) atoms. The molecular formula is C28H42N2O6. The Morgan fingerprint density at radius 2 is 1.81 bits per heavy atom. The quantitative estimate of drug-likeness (QED) is 0.454. The number of aliphatic hydroxyl groups is 1. The van der Waals surface area contributed by atoms with Crippen LogP contribution in [-0.2, 0) is 19.2 Å². The maximum Gasteiger partial charge on any atom is 0.326 e. The second kappa shape index (κ2) is 9.58. The lowest BCUT2D eigenvalue weighted by atomic mass is 9.46. The highest BCUT2D eigenvalue weighted by molar-refractivity contribution is 5.96. The van der Waals surface area contributed by atoms with Gasteiger partial charge >= 0.3 is 5.97 Å².